The predicted molar refractivity (Wildman–Crippen MR) is 278 cm³/mol. The molecule has 16 heteroatoms. The van der Waals surface area contributed by atoms with Gasteiger partial charge in [-0.05, 0) is 77.6 Å². The van der Waals surface area contributed by atoms with Gasteiger partial charge in [-0.2, -0.15) is 12.6 Å². The molecule has 4 heterocycles. The topological polar surface area (TPSA) is 153 Å². The highest BCUT2D eigenvalue weighted by Crippen LogP contribution is 2.46. The number of carbonyl (C=O) groups excluding carboxylic acids is 2. The van der Waals surface area contributed by atoms with E-state index in [-0.39, 0.29) is 61.4 Å². The fraction of sp³-hybridized carbons (Fsp3) is 0.400. The molecule has 0 bridgehead atoms. The van der Waals surface area contributed by atoms with Crippen LogP contribution >= 0.6 is 12.6 Å². The molecule has 9 rings (SSSR count). The minimum absolute atomic E-state index is 0.0314. The first-order valence-corrected chi connectivity index (χ1v) is 24.6. The van der Waals surface area contributed by atoms with Gasteiger partial charge in [-0.3, -0.25) is 14.6 Å². The van der Waals surface area contributed by atoms with Crippen molar-refractivity contribution in [2.75, 3.05) is 87.5 Å². The molecule has 0 aromatic heterocycles. The summed E-state index contributed by atoms with van der Waals surface area (Å²) < 4.78 is 41.2. The van der Waals surface area contributed by atoms with Crippen LogP contribution in [0.25, 0.3) is 0 Å². The maximum absolute atomic E-state index is 14.3. The number of ether oxygens (including phenoxy) is 7. The number of hydrogen-bond donors (Lipinski definition) is 3. The van der Waals surface area contributed by atoms with E-state index in [1.165, 1.54) is 0 Å². The van der Waals surface area contributed by atoms with Crippen molar-refractivity contribution in [2.24, 2.45) is 4.99 Å². The molecule has 15 nitrogen and oxygen atoms in total. The highest BCUT2D eigenvalue weighted by Gasteiger charge is 2.39. The summed E-state index contributed by atoms with van der Waals surface area (Å²) in [6.45, 7) is 6.96. The molecule has 3 unspecified atom stereocenters. The minimum atomic E-state index is -0.962. The van der Waals surface area contributed by atoms with Crippen LogP contribution in [-0.4, -0.2) is 107 Å². The number of thiol groups is 1. The van der Waals surface area contributed by atoms with Crippen molar-refractivity contribution in [1.82, 2.24) is 0 Å². The lowest BCUT2D eigenvalue weighted by atomic mass is 10.1. The molecule has 71 heavy (non-hydrogen) atoms. The number of aliphatic hydroxyl groups is 1. The Balaban J connectivity index is 1.00. The number of para-hydroxylation sites is 2. The molecule has 0 fully saturated rings. The van der Waals surface area contributed by atoms with E-state index in [1.807, 2.05) is 90.5 Å². The average Bonchev–Trinajstić information content (AvgIpc) is 3.86. The molecule has 0 radical (unpaired) electrons. The first-order chi connectivity index (χ1) is 34.4. The Morgan fingerprint density at radius 3 is 2.15 bits per heavy atom. The first-order valence-electron chi connectivity index (χ1n) is 24.2. The van der Waals surface area contributed by atoms with E-state index in [4.69, 9.17) is 50.8 Å². The van der Waals surface area contributed by atoms with Gasteiger partial charge in [0.1, 0.15) is 13.2 Å². The molecule has 0 aliphatic carbocycles. The van der Waals surface area contributed by atoms with Crippen LogP contribution in [-0.2, 0) is 45.1 Å². The summed E-state index contributed by atoms with van der Waals surface area (Å²) >= 11 is 4.72. The van der Waals surface area contributed by atoms with Crippen LogP contribution in [0.15, 0.2) is 96.0 Å². The second-order valence-electron chi connectivity index (χ2n) is 18.8. The van der Waals surface area contributed by atoms with Crippen LogP contribution in [0.4, 0.5) is 28.4 Å². The highest BCUT2D eigenvalue weighted by atomic mass is 32.1. The largest absolute Gasteiger partial charge is 0.493 e. The third-order valence-electron chi connectivity index (χ3n) is 13.3. The van der Waals surface area contributed by atoms with Crippen molar-refractivity contribution in [3.63, 3.8) is 0 Å². The fourth-order valence-corrected chi connectivity index (χ4v) is 9.82. The number of aliphatic imine (C=N–C) groups is 1. The minimum Gasteiger partial charge on any atom is -0.493 e. The van der Waals surface area contributed by atoms with Crippen molar-refractivity contribution in [3.8, 4) is 23.0 Å². The Bertz CT molecular complexity index is 2760. The summed E-state index contributed by atoms with van der Waals surface area (Å²) in [5.41, 5.74) is 8.68. The molecule has 0 saturated carbocycles. The Morgan fingerprint density at radius 2 is 1.45 bits per heavy atom. The van der Waals surface area contributed by atoms with E-state index >= 15 is 0 Å². The van der Waals surface area contributed by atoms with Gasteiger partial charge in [0, 0.05) is 78.8 Å². The maximum atomic E-state index is 14.3. The summed E-state index contributed by atoms with van der Waals surface area (Å²) in [6.07, 6.45) is 3.23. The number of fused-ring (bicyclic) bond motifs is 8. The van der Waals surface area contributed by atoms with Crippen LogP contribution in [0.1, 0.15) is 71.1 Å². The molecule has 2 amide bonds. The van der Waals surface area contributed by atoms with Gasteiger partial charge in [-0.25, -0.2) is 0 Å². The van der Waals surface area contributed by atoms with Crippen molar-refractivity contribution >= 4 is 59.1 Å². The van der Waals surface area contributed by atoms with Gasteiger partial charge in [0.15, 0.2) is 29.2 Å². The lowest BCUT2D eigenvalue weighted by Gasteiger charge is -2.29. The summed E-state index contributed by atoms with van der Waals surface area (Å²) in [4.78, 5) is 38.9. The molecular weight excluding hydrogens is 923 g/mol. The number of anilines is 4. The van der Waals surface area contributed by atoms with E-state index in [1.54, 1.807) is 44.4 Å². The smallest absolute Gasteiger partial charge is 0.260 e. The third-order valence-corrected chi connectivity index (χ3v) is 13.5. The zero-order valence-electron chi connectivity index (χ0n) is 41.0. The van der Waals surface area contributed by atoms with E-state index in [0.29, 0.717) is 90.6 Å². The Hall–Kier alpha value is -6.30. The Kier molecular flexibility index (Phi) is 15.4. The van der Waals surface area contributed by atoms with Gasteiger partial charge >= 0.3 is 0 Å². The molecule has 4 aliphatic rings. The van der Waals surface area contributed by atoms with Gasteiger partial charge in [-0.15, -0.1) is 0 Å². The number of nitrogens with zero attached hydrogens (tertiary/aromatic N) is 4. The van der Waals surface area contributed by atoms with Gasteiger partial charge < -0.3 is 58.3 Å². The number of hydrogen-bond acceptors (Lipinski definition) is 14. The molecule has 0 saturated heterocycles. The van der Waals surface area contributed by atoms with Crippen LogP contribution in [0.5, 0.6) is 23.0 Å². The number of amides is 2. The quantitative estimate of drug-likeness (QED) is 0.0478. The predicted octanol–water partition coefficient (Wildman–Crippen LogP) is 8.50. The first kappa shape index (κ1) is 49.7. The molecule has 3 atom stereocenters. The van der Waals surface area contributed by atoms with Crippen molar-refractivity contribution in [1.29, 1.82) is 0 Å². The molecule has 4 aliphatic heterocycles. The Morgan fingerprint density at radius 1 is 0.803 bits per heavy atom. The maximum Gasteiger partial charge on any atom is 0.260 e. The fourth-order valence-electron chi connectivity index (χ4n) is 9.71. The molecule has 0 spiro atoms. The van der Waals surface area contributed by atoms with Crippen LogP contribution in [0.3, 0.4) is 0 Å². The molecule has 5 aromatic rings. The van der Waals surface area contributed by atoms with E-state index in [2.05, 4.69) is 17.4 Å². The molecule has 2 N–H and O–H groups in total. The average molecular weight is 986 g/mol. The van der Waals surface area contributed by atoms with Crippen molar-refractivity contribution < 1.29 is 47.9 Å². The van der Waals surface area contributed by atoms with Gasteiger partial charge in [0.2, 0.25) is 5.91 Å². The Labute approximate surface area is 421 Å². The van der Waals surface area contributed by atoms with Crippen molar-refractivity contribution in [2.45, 2.75) is 75.8 Å². The van der Waals surface area contributed by atoms with Gasteiger partial charge in [0.25, 0.3) is 5.91 Å². The highest BCUT2D eigenvalue weighted by molar-refractivity contribution is 7.81. The number of aliphatic hydroxyl groups excluding tert-OH is 1. The van der Waals surface area contributed by atoms with E-state index in [0.717, 1.165) is 46.5 Å². The molecule has 5 aromatic carbocycles. The number of benzene rings is 5. The van der Waals surface area contributed by atoms with Crippen molar-refractivity contribution in [3.05, 3.63) is 124 Å². The number of carbonyl (C=O) groups is 2. The summed E-state index contributed by atoms with van der Waals surface area (Å²) in [6, 6.07) is 29.0. The van der Waals surface area contributed by atoms with Crippen LogP contribution in [0, 0.1) is 0 Å². The van der Waals surface area contributed by atoms with E-state index < -0.39 is 6.23 Å². The standard InChI is InChI=1S/C55H63N5O10S/c1-55(2,71)15-14-52(61)58(16-17-67-20-21-68-19-18-64-3)39-23-35(33-69-50-29-44-42(27-48(50)65-4)53(62)59-40(31-56-44)25-37-10-6-8-12-46(37)59)22-36(24-39)34-70-51-30-45-43(28-49(51)66-5)54(63)60-41(32-57-45)26-38-11-7-9-13-47(38)60/h6-13,22-24,27-31,40-41,53,57,62,71H,14-21,25-26,32-34H2,1-5H3. The third kappa shape index (κ3) is 11.1. The van der Waals surface area contributed by atoms with Gasteiger partial charge in [-0.1, -0.05) is 50.2 Å². The monoisotopic (exact) mass is 985 g/mol. The SMILES string of the molecule is COCCOCCOCCN(C(=O)CCC(C)(C)S)c1cc(COc2cc3c(cc2OC)C(O)N2c4ccccc4CC2C=N3)cc(COc2cc3c(cc2OC)C(=O)N2c4ccccc4CC2CN3)c1. The summed E-state index contributed by atoms with van der Waals surface area (Å²) in [5, 5.41) is 15.3. The van der Waals surface area contributed by atoms with Crippen LogP contribution < -0.4 is 39.0 Å². The summed E-state index contributed by atoms with van der Waals surface area (Å²) in [7, 11) is 4.75. The second-order valence-corrected chi connectivity index (χ2v) is 20.0. The summed E-state index contributed by atoms with van der Waals surface area (Å²) in [5.74, 6) is 1.54. The number of rotatable bonds is 21. The number of nitrogens with one attached hydrogen (secondary N) is 1. The zero-order valence-corrected chi connectivity index (χ0v) is 41.9. The normalized spacial score (nSPS) is 17.5. The zero-order chi connectivity index (χ0) is 49.6. The second kappa shape index (κ2) is 22.0. The lowest BCUT2D eigenvalue weighted by Crippen LogP contribution is -2.39. The lowest BCUT2D eigenvalue weighted by molar-refractivity contribution is -0.119. The number of methoxy groups -OCH3 is 3. The van der Waals surface area contributed by atoms with E-state index in [9.17, 15) is 14.7 Å². The van der Waals surface area contributed by atoms with Crippen LogP contribution in [0.2, 0.25) is 0 Å². The molecule has 374 valence electrons. The molecular formula is C55H63N5O10S. The van der Waals surface area contributed by atoms with Gasteiger partial charge in [0.05, 0.1) is 76.3 Å².